The molecule has 0 aliphatic rings. The summed E-state index contributed by atoms with van der Waals surface area (Å²) in [6, 6.07) is 5.39. The highest BCUT2D eigenvalue weighted by molar-refractivity contribution is 7.80. The van der Waals surface area contributed by atoms with Crippen molar-refractivity contribution in [1.29, 1.82) is 0 Å². The van der Waals surface area contributed by atoms with Gasteiger partial charge in [0, 0.05) is 12.6 Å². The van der Waals surface area contributed by atoms with E-state index >= 15 is 0 Å². The molecular weight excluding hydrogens is 276 g/mol. The first-order valence-electron chi connectivity index (χ1n) is 6.09. The molecule has 20 heavy (non-hydrogen) atoms. The highest BCUT2D eigenvalue weighted by Crippen LogP contribution is 2.27. The lowest BCUT2D eigenvalue weighted by atomic mass is 10.2. The fraction of sp³-hybridized carbons (Fsp3) is 0.286. The van der Waals surface area contributed by atoms with Gasteiger partial charge in [0.25, 0.3) is 0 Å². The quantitative estimate of drug-likeness (QED) is 0.640. The number of rotatable bonds is 5. The van der Waals surface area contributed by atoms with Crippen molar-refractivity contribution >= 4 is 29.3 Å². The number of benzene rings is 1. The van der Waals surface area contributed by atoms with Crippen LogP contribution in [0.2, 0.25) is 0 Å². The largest absolute Gasteiger partial charge is 0.493 e. The number of ether oxygens (including phenoxy) is 2. The number of nitrogens with one attached hydrogen (secondary N) is 2. The number of hydrogen-bond donors (Lipinski definition) is 2. The maximum atomic E-state index is 11.6. The average Bonchev–Trinajstić information content (AvgIpc) is 2.44. The van der Waals surface area contributed by atoms with E-state index in [0.29, 0.717) is 23.2 Å². The fourth-order valence-corrected chi connectivity index (χ4v) is 1.73. The Kier molecular flexibility index (Phi) is 6.52. The standard InChI is InChI=1S/C14H18N2O3S/c1-4-15-14(20)16-13(17)8-6-10-5-7-11(18-2)12(9-10)19-3/h5-9H,4H2,1-3H3,(H2,15,16,17,20). The molecule has 0 aliphatic heterocycles. The Morgan fingerprint density at radius 2 is 2.00 bits per heavy atom. The van der Waals surface area contributed by atoms with Gasteiger partial charge in [-0.3, -0.25) is 10.1 Å². The summed E-state index contributed by atoms with van der Waals surface area (Å²) in [5.74, 6) is 0.964. The molecule has 0 unspecified atom stereocenters. The van der Waals surface area contributed by atoms with E-state index in [2.05, 4.69) is 10.6 Å². The first-order valence-corrected chi connectivity index (χ1v) is 6.50. The molecule has 1 amide bonds. The third kappa shape index (κ3) is 4.89. The van der Waals surface area contributed by atoms with Gasteiger partial charge in [-0.25, -0.2) is 0 Å². The predicted molar refractivity (Wildman–Crippen MR) is 83.0 cm³/mol. The summed E-state index contributed by atoms with van der Waals surface area (Å²) in [7, 11) is 3.13. The van der Waals surface area contributed by atoms with Crippen molar-refractivity contribution in [2.45, 2.75) is 6.92 Å². The third-order valence-corrected chi connectivity index (χ3v) is 2.66. The molecule has 0 bridgehead atoms. The van der Waals surface area contributed by atoms with Gasteiger partial charge in [-0.1, -0.05) is 6.07 Å². The Morgan fingerprint density at radius 1 is 1.30 bits per heavy atom. The molecule has 0 aromatic heterocycles. The van der Waals surface area contributed by atoms with Crippen molar-refractivity contribution in [3.63, 3.8) is 0 Å². The van der Waals surface area contributed by atoms with E-state index in [4.69, 9.17) is 21.7 Å². The molecule has 0 aliphatic carbocycles. The highest BCUT2D eigenvalue weighted by Gasteiger charge is 2.03. The molecule has 2 N–H and O–H groups in total. The molecule has 0 saturated carbocycles. The first kappa shape index (κ1) is 16.0. The van der Waals surface area contributed by atoms with Crippen LogP contribution in [0, 0.1) is 0 Å². The number of methoxy groups -OCH3 is 2. The number of amides is 1. The SMILES string of the molecule is CCNC(=S)NC(=O)C=Cc1ccc(OC)c(OC)c1. The first-order chi connectivity index (χ1) is 9.60. The van der Waals surface area contributed by atoms with E-state index in [1.165, 1.54) is 6.08 Å². The summed E-state index contributed by atoms with van der Waals surface area (Å²) in [4.78, 5) is 11.6. The van der Waals surface area contributed by atoms with Crippen molar-refractivity contribution in [2.24, 2.45) is 0 Å². The van der Waals surface area contributed by atoms with Crippen molar-refractivity contribution in [2.75, 3.05) is 20.8 Å². The maximum absolute atomic E-state index is 11.6. The summed E-state index contributed by atoms with van der Waals surface area (Å²) < 4.78 is 10.3. The van der Waals surface area contributed by atoms with Crippen LogP contribution in [0.15, 0.2) is 24.3 Å². The maximum Gasteiger partial charge on any atom is 0.250 e. The Hall–Kier alpha value is -2.08. The van der Waals surface area contributed by atoms with Crippen LogP contribution in [-0.2, 0) is 4.79 Å². The minimum atomic E-state index is -0.286. The summed E-state index contributed by atoms with van der Waals surface area (Å²) in [6.45, 7) is 2.57. The van der Waals surface area contributed by atoms with Gasteiger partial charge < -0.3 is 14.8 Å². The number of carbonyl (C=O) groups is 1. The van der Waals surface area contributed by atoms with Crippen molar-refractivity contribution < 1.29 is 14.3 Å². The number of hydrogen-bond acceptors (Lipinski definition) is 4. The van der Waals surface area contributed by atoms with Crippen molar-refractivity contribution in [1.82, 2.24) is 10.6 Å². The zero-order chi connectivity index (χ0) is 15.0. The van der Waals surface area contributed by atoms with Crippen LogP contribution < -0.4 is 20.1 Å². The second-order valence-corrected chi connectivity index (χ2v) is 4.20. The van der Waals surface area contributed by atoms with Crippen molar-refractivity contribution in [3.05, 3.63) is 29.8 Å². The van der Waals surface area contributed by atoms with E-state index in [9.17, 15) is 4.79 Å². The van der Waals surface area contributed by atoms with E-state index in [-0.39, 0.29) is 5.91 Å². The molecule has 0 radical (unpaired) electrons. The van der Waals surface area contributed by atoms with Crippen LogP contribution >= 0.6 is 12.2 Å². The molecule has 0 atom stereocenters. The Morgan fingerprint density at radius 3 is 2.60 bits per heavy atom. The number of carbonyl (C=O) groups excluding carboxylic acids is 1. The van der Waals surface area contributed by atoms with Gasteiger partial charge in [0.05, 0.1) is 14.2 Å². The van der Waals surface area contributed by atoms with E-state index in [1.54, 1.807) is 32.4 Å². The van der Waals surface area contributed by atoms with Crippen LogP contribution in [0.5, 0.6) is 11.5 Å². The zero-order valence-electron chi connectivity index (χ0n) is 11.7. The lowest BCUT2D eigenvalue weighted by Gasteiger charge is -2.07. The molecule has 5 nitrogen and oxygen atoms in total. The average molecular weight is 294 g/mol. The number of thiocarbonyl (C=S) groups is 1. The topological polar surface area (TPSA) is 59.6 Å². The lowest BCUT2D eigenvalue weighted by molar-refractivity contribution is -0.115. The molecule has 0 saturated heterocycles. The molecular formula is C14H18N2O3S. The molecule has 0 heterocycles. The third-order valence-electron chi connectivity index (χ3n) is 2.41. The Bertz CT molecular complexity index is 515. The van der Waals surface area contributed by atoms with Gasteiger partial charge in [0.15, 0.2) is 16.6 Å². The monoisotopic (exact) mass is 294 g/mol. The van der Waals surface area contributed by atoms with Crippen molar-refractivity contribution in [3.8, 4) is 11.5 Å². The Labute approximate surface area is 124 Å². The minimum absolute atomic E-state index is 0.286. The fourth-order valence-electron chi connectivity index (χ4n) is 1.49. The van der Waals surface area contributed by atoms with Crippen LogP contribution in [0.3, 0.4) is 0 Å². The second kappa shape index (κ2) is 8.16. The van der Waals surface area contributed by atoms with Crippen LogP contribution in [0.1, 0.15) is 12.5 Å². The molecule has 0 spiro atoms. The van der Waals surface area contributed by atoms with Gasteiger partial charge >= 0.3 is 0 Å². The summed E-state index contributed by atoms with van der Waals surface area (Å²) in [5, 5.41) is 5.69. The van der Waals surface area contributed by atoms with E-state index < -0.39 is 0 Å². The molecule has 0 fully saturated rings. The van der Waals surface area contributed by atoms with Gasteiger partial charge in [-0.15, -0.1) is 0 Å². The highest BCUT2D eigenvalue weighted by atomic mass is 32.1. The minimum Gasteiger partial charge on any atom is -0.493 e. The molecule has 6 heteroatoms. The smallest absolute Gasteiger partial charge is 0.250 e. The van der Waals surface area contributed by atoms with Gasteiger partial charge in [-0.05, 0) is 42.9 Å². The lowest BCUT2D eigenvalue weighted by Crippen LogP contribution is -2.38. The van der Waals surface area contributed by atoms with Crippen LogP contribution in [0.25, 0.3) is 6.08 Å². The van der Waals surface area contributed by atoms with E-state index in [1.807, 2.05) is 13.0 Å². The van der Waals surface area contributed by atoms with Crippen LogP contribution in [-0.4, -0.2) is 31.8 Å². The summed E-state index contributed by atoms with van der Waals surface area (Å²) >= 11 is 4.92. The molecule has 108 valence electrons. The molecule has 1 aromatic carbocycles. The van der Waals surface area contributed by atoms with Gasteiger partial charge in [-0.2, -0.15) is 0 Å². The van der Waals surface area contributed by atoms with E-state index in [0.717, 1.165) is 5.56 Å². The van der Waals surface area contributed by atoms with Gasteiger partial charge in [0.1, 0.15) is 0 Å². The zero-order valence-corrected chi connectivity index (χ0v) is 12.5. The Balaban J connectivity index is 2.70. The van der Waals surface area contributed by atoms with Crippen LogP contribution in [0.4, 0.5) is 0 Å². The predicted octanol–water partition coefficient (Wildman–Crippen LogP) is 1.73. The summed E-state index contributed by atoms with van der Waals surface area (Å²) in [6.07, 6.45) is 3.08. The second-order valence-electron chi connectivity index (χ2n) is 3.80. The summed E-state index contributed by atoms with van der Waals surface area (Å²) in [5.41, 5.74) is 0.826. The normalized spacial score (nSPS) is 10.2. The van der Waals surface area contributed by atoms with Gasteiger partial charge in [0.2, 0.25) is 5.91 Å². The molecule has 1 aromatic rings. The molecule has 1 rings (SSSR count).